The molecule has 2 aliphatic rings. The molecule has 2 aromatic heterocycles. The number of hydrogen-bond acceptors (Lipinski definition) is 6. The molecule has 1 saturated carbocycles. The lowest BCUT2D eigenvalue weighted by atomic mass is 9.99. The maximum absolute atomic E-state index is 12.5. The van der Waals surface area contributed by atoms with Gasteiger partial charge >= 0.3 is 0 Å². The number of fused-ring (bicyclic) bond motifs is 1. The van der Waals surface area contributed by atoms with Gasteiger partial charge in [-0.25, -0.2) is 9.97 Å². The van der Waals surface area contributed by atoms with Crippen LogP contribution in [-0.4, -0.2) is 50.9 Å². The Hall–Kier alpha value is -2.90. The highest BCUT2D eigenvalue weighted by molar-refractivity contribution is 5.94. The van der Waals surface area contributed by atoms with Gasteiger partial charge in [0, 0.05) is 36.4 Å². The van der Waals surface area contributed by atoms with Gasteiger partial charge in [0.15, 0.2) is 0 Å². The molecule has 3 heterocycles. The number of amides is 1. The molecule has 1 aliphatic heterocycles. The van der Waals surface area contributed by atoms with E-state index in [0.717, 1.165) is 59.9 Å². The summed E-state index contributed by atoms with van der Waals surface area (Å²) in [5.74, 6) is 0.592. The van der Waals surface area contributed by atoms with Gasteiger partial charge in [-0.15, -0.1) is 0 Å². The molecule has 0 bridgehead atoms. The van der Waals surface area contributed by atoms with Crippen LogP contribution in [0.25, 0.3) is 22.0 Å². The fraction of sp³-hybridized carbons (Fsp3) is 0.481. The first kappa shape index (κ1) is 22.9. The molecule has 3 aromatic rings. The van der Waals surface area contributed by atoms with E-state index in [1.807, 2.05) is 31.3 Å². The zero-order valence-electron chi connectivity index (χ0n) is 20.1. The minimum Gasteiger partial charge on any atom is -0.348 e. The van der Waals surface area contributed by atoms with Gasteiger partial charge in [-0.3, -0.25) is 9.78 Å². The molecule has 7 nitrogen and oxygen atoms in total. The van der Waals surface area contributed by atoms with Crippen LogP contribution in [0, 0.1) is 6.92 Å². The Labute approximate surface area is 201 Å². The molecular formula is C27H34N6O. The Bertz CT molecular complexity index is 1190. The van der Waals surface area contributed by atoms with Crippen molar-refractivity contribution in [2.24, 2.45) is 5.73 Å². The highest BCUT2D eigenvalue weighted by Crippen LogP contribution is 2.28. The summed E-state index contributed by atoms with van der Waals surface area (Å²) in [5.41, 5.74) is 10.8. The number of rotatable bonds is 7. The molecule has 1 aromatic carbocycles. The Morgan fingerprint density at radius 3 is 2.82 bits per heavy atom. The molecule has 1 saturated heterocycles. The van der Waals surface area contributed by atoms with E-state index in [9.17, 15) is 4.79 Å². The number of pyridine rings is 1. The SMILES string of the molecule is Cc1cnc(C(=O)NC2CC2)cc1-c1ccc2nc(C(N)CCN3CCCCC3C)ncc2c1. The number of aromatic nitrogens is 3. The normalized spacial score (nSPS) is 19.8. The largest absolute Gasteiger partial charge is 0.348 e. The van der Waals surface area contributed by atoms with Crippen molar-refractivity contribution in [3.8, 4) is 11.1 Å². The van der Waals surface area contributed by atoms with E-state index in [2.05, 4.69) is 33.2 Å². The van der Waals surface area contributed by atoms with Crippen molar-refractivity contribution in [1.82, 2.24) is 25.2 Å². The lowest BCUT2D eigenvalue weighted by molar-refractivity contribution is 0.0946. The molecule has 2 unspecified atom stereocenters. The molecule has 34 heavy (non-hydrogen) atoms. The number of carbonyl (C=O) groups is 1. The number of nitrogens with one attached hydrogen (secondary N) is 1. The van der Waals surface area contributed by atoms with Gasteiger partial charge in [-0.2, -0.15) is 0 Å². The standard InChI is InChI=1S/C27H34N6O/c1-17-15-29-25(27(34)31-21-7-8-21)14-22(17)19-6-9-24-20(13-19)16-30-26(32-24)23(28)10-12-33-11-4-3-5-18(33)2/h6,9,13-16,18,21,23H,3-5,7-8,10-12,28H2,1-2H3,(H,31,34). The fourth-order valence-electron chi connectivity index (χ4n) is 4.76. The minimum absolute atomic E-state index is 0.106. The lowest BCUT2D eigenvalue weighted by Crippen LogP contribution is -2.39. The topological polar surface area (TPSA) is 97.0 Å². The van der Waals surface area contributed by atoms with Gasteiger partial charge in [0.1, 0.15) is 11.5 Å². The Morgan fingerprint density at radius 2 is 2.03 bits per heavy atom. The number of nitrogens with zero attached hydrogens (tertiary/aromatic N) is 4. The van der Waals surface area contributed by atoms with Crippen LogP contribution in [0.15, 0.2) is 36.7 Å². The number of nitrogens with two attached hydrogens (primary N) is 1. The number of likely N-dealkylation sites (tertiary alicyclic amines) is 1. The average molecular weight is 459 g/mol. The van der Waals surface area contributed by atoms with Gasteiger partial charge in [0.2, 0.25) is 0 Å². The van der Waals surface area contributed by atoms with Crippen molar-refractivity contribution in [2.45, 2.75) is 70.5 Å². The highest BCUT2D eigenvalue weighted by atomic mass is 16.2. The molecule has 7 heteroatoms. The molecule has 0 spiro atoms. The van der Waals surface area contributed by atoms with Crippen molar-refractivity contribution in [2.75, 3.05) is 13.1 Å². The molecule has 3 N–H and O–H groups in total. The molecule has 1 aliphatic carbocycles. The summed E-state index contributed by atoms with van der Waals surface area (Å²) in [6.45, 7) is 6.47. The van der Waals surface area contributed by atoms with E-state index in [1.165, 1.54) is 19.3 Å². The third kappa shape index (κ3) is 5.10. The monoisotopic (exact) mass is 458 g/mol. The van der Waals surface area contributed by atoms with Crippen LogP contribution in [0.2, 0.25) is 0 Å². The predicted octanol–water partition coefficient (Wildman–Crippen LogP) is 4.16. The van der Waals surface area contributed by atoms with Crippen LogP contribution in [0.1, 0.15) is 73.4 Å². The third-order valence-corrected chi connectivity index (χ3v) is 7.16. The van der Waals surface area contributed by atoms with Crippen LogP contribution in [0.4, 0.5) is 0 Å². The molecular weight excluding hydrogens is 424 g/mol. The van der Waals surface area contributed by atoms with Crippen LogP contribution in [0.5, 0.6) is 0 Å². The second-order valence-electron chi connectivity index (χ2n) is 9.91. The van der Waals surface area contributed by atoms with E-state index < -0.39 is 0 Å². The van der Waals surface area contributed by atoms with Crippen LogP contribution < -0.4 is 11.1 Å². The van der Waals surface area contributed by atoms with Gasteiger partial charge in [-0.05, 0) is 87.4 Å². The highest BCUT2D eigenvalue weighted by Gasteiger charge is 2.25. The quantitative estimate of drug-likeness (QED) is 0.552. The lowest BCUT2D eigenvalue weighted by Gasteiger charge is -2.33. The maximum atomic E-state index is 12.5. The molecule has 2 atom stereocenters. The van der Waals surface area contributed by atoms with Crippen LogP contribution in [-0.2, 0) is 0 Å². The molecule has 2 fully saturated rings. The summed E-state index contributed by atoms with van der Waals surface area (Å²) in [6.07, 6.45) is 10.5. The summed E-state index contributed by atoms with van der Waals surface area (Å²) >= 11 is 0. The number of hydrogen-bond donors (Lipinski definition) is 2. The molecule has 1 amide bonds. The summed E-state index contributed by atoms with van der Waals surface area (Å²) in [6, 6.07) is 8.78. The first-order valence-electron chi connectivity index (χ1n) is 12.5. The summed E-state index contributed by atoms with van der Waals surface area (Å²) in [5, 5.41) is 3.97. The van der Waals surface area contributed by atoms with Crippen molar-refractivity contribution in [1.29, 1.82) is 0 Å². The van der Waals surface area contributed by atoms with E-state index in [4.69, 9.17) is 10.7 Å². The second-order valence-corrected chi connectivity index (χ2v) is 9.91. The smallest absolute Gasteiger partial charge is 0.270 e. The van der Waals surface area contributed by atoms with Crippen molar-refractivity contribution >= 4 is 16.8 Å². The summed E-state index contributed by atoms with van der Waals surface area (Å²) in [4.78, 5) is 28.7. The third-order valence-electron chi connectivity index (χ3n) is 7.16. The number of aryl methyl sites for hydroxylation is 1. The van der Waals surface area contributed by atoms with Crippen LogP contribution >= 0.6 is 0 Å². The number of benzene rings is 1. The van der Waals surface area contributed by atoms with Gasteiger partial charge in [-0.1, -0.05) is 12.5 Å². The van der Waals surface area contributed by atoms with Crippen molar-refractivity contribution in [3.05, 3.63) is 53.7 Å². The first-order valence-corrected chi connectivity index (χ1v) is 12.5. The zero-order valence-corrected chi connectivity index (χ0v) is 20.1. The fourth-order valence-corrected chi connectivity index (χ4v) is 4.76. The Balaban J connectivity index is 1.32. The molecule has 178 valence electrons. The number of piperidine rings is 1. The van der Waals surface area contributed by atoms with E-state index in [0.29, 0.717) is 23.6 Å². The van der Waals surface area contributed by atoms with Gasteiger partial charge < -0.3 is 16.0 Å². The van der Waals surface area contributed by atoms with Crippen molar-refractivity contribution in [3.63, 3.8) is 0 Å². The minimum atomic E-state index is -0.173. The summed E-state index contributed by atoms with van der Waals surface area (Å²) < 4.78 is 0. The van der Waals surface area contributed by atoms with Crippen LogP contribution in [0.3, 0.4) is 0 Å². The molecule has 0 radical (unpaired) electrons. The molecule has 5 rings (SSSR count). The van der Waals surface area contributed by atoms with Gasteiger partial charge in [0.25, 0.3) is 5.91 Å². The average Bonchev–Trinajstić information content (AvgIpc) is 3.67. The van der Waals surface area contributed by atoms with E-state index in [1.54, 1.807) is 6.20 Å². The van der Waals surface area contributed by atoms with Crippen molar-refractivity contribution < 1.29 is 4.79 Å². The maximum Gasteiger partial charge on any atom is 0.270 e. The Morgan fingerprint density at radius 1 is 1.18 bits per heavy atom. The Kier molecular flexibility index (Phi) is 6.57. The summed E-state index contributed by atoms with van der Waals surface area (Å²) in [7, 11) is 0. The van der Waals surface area contributed by atoms with E-state index >= 15 is 0 Å². The van der Waals surface area contributed by atoms with E-state index in [-0.39, 0.29) is 11.9 Å². The number of carbonyl (C=O) groups excluding carboxylic acids is 1. The second kappa shape index (κ2) is 9.76. The first-order chi connectivity index (χ1) is 16.5. The van der Waals surface area contributed by atoms with Gasteiger partial charge in [0.05, 0.1) is 11.6 Å². The predicted molar refractivity (Wildman–Crippen MR) is 134 cm³/mol. The zero-order chi connectivity index (χ0) is 23.7.